The topological polar surface area (TPSA) is 105 Å². The number of para-hydroxylation sites is 2. The molecule has 0 saturated heterocycles. The maximum Gasteiger partial charge on any atom is 0.314 e. The van der Waals surface area contributed by atoms with Crippen LogP contribution in [0.1, 0.15) is 10.5 Å². The zero-order valence-corrected chi connectivity index (χ0v) is 17.6. The zero-order valence-electron chi connectivity index (χ0n) is 17.6. The number of rotatable bonds is 5. The Balaban J connectivity index is 1.55. The van der Waals surface area contributed by atoms with Crippen molar-refractivity contribution in [3.8, 4) is 28.6 Å². The first-order chi connectivity index (χ1) is 16.1. The average molecular weight is 437 g/mol. The van der Waals surface area contributed by atoms with Gasteiger partial charge in [0.15, 0.2) is 5.69 Å². The molecule has 2 N–H and O–H groups in total. The van der Waals surface area contributed by atoms with Crippen LogP contribution in [0.15, 0.2) is 95.2 Å². The number of amides is 1. The number of aromatic amines is 1. The molecule has 1 amide bonds. The Morgan fingerprint density at radius 2 is 1.73 bits per heavy atom. The van der Waals surface area contributed by atoms with Crippen LogP contribution in [0.2, 0.25) is 0 Å². The van der Waals surface area contributed by atoms with Gasteiger partial charge in [0.1, 0.15) is 11.4 Å². The highest BCUT2D eigenvalue weighted by Crippen LogP contribution is 2.35. The van der Waals surface area contributed by atoms with Gasteiger partial charge in [0, 0.05) is 10.9 Å². The summed E-state index contributed by atoms with van der Waals surface area (Å²) in [5, 5.41) is 23.4. The molecule has 0 fully saturated rings. The van der Waals surface area contributed by atoms with Crippen LogP contribution in [0, 0.1) is 0 Å². The van der Waals surface area contributed by atoms with Crippen molar-refractivity contribution in [2.45, 2.75) is 0 Å². The number of methoxy groups -OCH3 is 1. The van der Waals surface area contributed by atoms with E-state index >= 15 is 0 Å². The highest BCUT2D eigenvalue weighted by molar-refractivity contribution is 5.97. The maximum atomic E-state index is 13.1. The largest absolute Gasteiger partial charge is 0.497 e. The van der Waals surface area contributed by atoms with Gasteiger partial charge in [-0.2, -0.15) is 5.10 Å². The summed E-state index contributed by atoms with van der Waals surface area (Å²) < 4.78 is 6.76. The SMILES string of the molecule is COc1ccc(-c2cc(C(=O)N=Nc3c(O)[nH]c4ccccc34)n(-c3ccccc3)n2)cc1. The van der Waals surface area contributed by atoms with Gasteiger partial charge in [-0.1, -0.05) is 36.4 Å². The summed E-state index contributed by atoms with van der Waals surface area (Å²) in [6.45, 7) is 0. The van der Waals surface area contributed by atoms with Crippen molar-refractivity contribution in [2.75, 3.05) is 7.11 Å². The number of H-pyrrole nitrogens is 1. The third-order valence-corrected chi connectivity index (χ3v) is 5.22. The van der Waals surface area contributed by atoms with E-state index in [2.05, 4.69) is 20.3 Å². The number of hydrogen-bond donors (Lipinski definition) is 2. The molecule has 0 aliphatic rings. The predicted molar refractivity (Wildman–Crippen MR) is 124 cm³/mol. The van der Waals surface area contributed by atoms with Crippen LogP contribution in [-0.4, -0.2) is 32.9 Å². The van der Waals surface area contributed by atoms with Gasteiger partial charge in [-0.25, -0.2) is 4.68 Å². The average Bonchev–Trinajstić information content (AvgIpc) is 3.44. The number of benzene rings is 3. The molecule has 0 spiro atoms. The number of aromatic nitrogens is 3. The van der Waals surface area contributed by atoms with Gasteiger partial charge in [-0.15, -0.1) is 10.2 Å². The summed E-state index contributed by atoms with van der Waals surface area (Å²) in [6, 6.07) is 25.7. The van der Waals surface area contributed by atoms with E-state index in [0.29, 0.717) is 22.3 Å². The van der Waals surface area contributed by atoms with Crippen molar-refractivity contribution >= 4 is 22.5 Å². The fraction of sp³-hybridized carbons (Fsp3) is 0.0400. The van der Waals surface area contributed by atoms with E-state index < -0.39 is 5.91 Å². The molecule has 5 rings (SSSR count). The van der Waals surface area contributed by atoms with E-state index in [1.54, 1.807) is 19.2 Å². The van der Waals surface area contributed by atoms with Crippen LogP contribution in [0.5, 0.6) is 11.6 Å². The highest BCUT2D eigenvalue weighted by Gasteiger charge is 2.18. The normalized spacial score (nSPS) is 11.3. The Morgan fingerprint density at radius 1 is 1.00 bits per heavy atom. The van der Waals surface area contributed by atoms with Gasteiger partial charge >= 0.3 is 5.91 Å². The molecule has 5 aromatic rings. The number of azo groups is 1. The number of carbonyl (C=O) groups is 1. The van der Waals surface area contributed by atoms with E-state index in [9.17, 15) is 9.90 Å². The van der Waals surface area contributed by atoms with E-state index in [4.69, 9.17) is 4.74 Å². The molecule has 2 aromatic heterocycles. The molecule has 0 aliphatic carbocycles. The Hall–Kier alpha value is -4.72. The van der Waals surface area contributed by atoms with Crippen LogP contribution in [0.4, 0.5) is 5.69 Å². The van der Waals surface area contributed by atoms with Gasteiger partial charge < -0.3 is 14.8 Å². The maximum absolute atomic E-state index is 13.1. The quantitative estimate of drug-likeness (QED) is 0.346. The van der Waals surface area contributed by atoms with Gasteiger partial charge in [0.2, 0.25) is 5.88 Å². The number of ether oxygens (including phenoxy) is 1. The number of nitrogens with zero attached hydrogens (tertiary/aromatic N) is 4. The first kappa shape index (κ1) is 20.2. The van der Waals surface area contributed by atoms with Crippen molar-refractivity contribution in [2.24, 2.45) is 10.2 Å². The van der Waals surface area contributed by atoms with E-state index in [-0.39, 0.29) is 17.3 Å². The predicted octanol–water partition coefficient (Wildman–Crippen LogP) is 5.66. The van der Waals surface area contributed by atoms with Gasteiger partial charge in [-0.3, -0.25) is 4.79 Å². The lowest BCUT2D eigenvalue weighted by Crippen LogP contribution is -2.06. The highest BCUT2D eigenvalue weighted by atomic mass is 16.5. The molecule has 33 heavy (non-hydrogen) atoms. The van der Waals surface area contributed by atoms with Crippen molar-refractivity contribution in [3.05, 3.63) is 90.6 Å². The number of aromatic hydroxyl groups is 1. The standard InChI is InChI=1S/C25H19N5O3/c1-33-18-13-11-16(12-14-18)21-15-22(30(29-21)17-7-3-2-4-8-17)24(31)28-27-23-19-9-5-6-10-20(19)26-25(23)32/h2-15,26,32H,1H3. The lowest BCUT2D eigenvalue weighted by atomic mass is 10.1. The minimum atomic E-state index is -0.587. The minimum Gasteiger partial charge on any atom is -0.497 e. The van der Waals surface area contributed by atoms with Crippen LogP contribution in [-0.2, 0) is 0 Å². The van der Waals surface area contributed by atoms with Crippen LogP contribution >= 0.6 is 0 Å². The number of hydrogen-bond acceptors (Lipinski definition) is 5. The van der Waals surface area contributed by atoms with Crippen molar-refractivity contribution in [3.63, 3.8) is 0 Å². The lowest BCUT2D eigenvalue weighted by Gasteiger charge is -2.04. The molecular formula is C25H19N5O3. The molecule has 3 aromatic carbocycles. The summed E-state index contributed by atoms with van der Waals surface area (Å²) >= 11 is 0. The van der Waals surface area contributed by atoms with Crippen LogP contribution in [0.25, 0.3) is 27.8 Å². The Bertz CT molecular complexity index is 1470. The van der Waals surface area contributed by atoms with Crippen molar-refractivity contribution in [1.29, 1.82) is 0 Å². The third-order valence-electron chi connectivity index (χ3n) is 5.22. The summed E-state index contributed by atoms with van der Waals surface area (Å²) in [6.07, 6.45) is 0. The molecule has 0 bridgehead atoms. The summed E-state index contributed by atoms with van der Waals surface area (Å²) in [4.78, 5) is 15.9. The number of carbonyl (C=O) groups excluding carboxylic acids is 1. The molecule has 8 nitrogen and oxygen atoms in total. The van der Waals surface area contributed by atoms with Gasteiger partial charge in [-0.05, 0) is 48.5 Å². The van der Waals surface area contributed by atoms with E-state index in [0.717, 1.165) is 11.3 Å². The molecule has 0 saturated carbocycles. The summed E-state index contributed by atoms with van der Waals surface area (Å²) in [7, 11) is 1.60. The summed E-state index contributed by atoms with van der Waals surface area (Å²) in [5.41, 5.74) is 3.30. The molecule has 0 radical (unpaired) electrons. The molecule has 8 heteroatoms. The van der Waals surface area contributed by atoms with Crippen molar-refractivity contribution < 1.29 is 14.6 Å². The van der Waals surface area contributed by atoms with E-state index in [1.807, 2.05) is 72.8 Å². The second-order valence-corrected chi connectivity index (χ2v) is 7.26. The number of nitrogens with one attached hydrogen (secondary N) is 1. The molecule has 2 heterocycles. The molecule has 0 atom stereocenters. The second kappa shape index (κ2) is 8.43. The Kier molecular flexibility index (Phi) is 5.16. The first-order valence-electron chi connectivity index (χ1n) is 10.2. The van der Waals surface area contributed by atoms with Gasteiger partial charge in [0.05, 0.1) is 24.0 Å². The molecule has 0 unspecified atom stereocenters. The second-order valence-electron chi connectivity index (χ2n) is 7.26. The number of fused-ring (bicyclic) bond motifs is 1. The molecule has 162 valence electrons. The smallest absolute Gasteiger partial charge is 0.314 e. The fourth-order valence-electron chi connectivity index (χ4n) is 3.56. The van der Waals surface area contributed by atoms with Crippen LogP contribution < -0.4 is 4.74 Å². The Labute approximate surface area is 188 Å². The zero-order chi connectivity index (χ0) is 22.8. The summed E-state index contributed by atoms with van der Waals surface area (Å²) in [5.74, 6) is -0.0103. The van der Waals surface area contributed by atoms with Crippen LogP contribution in [0.3, 0.4) is 0 Å². The fourth-order valence-corrected chi connectivity index (χ4v) is 3.56. The van der Waals surface area contributed by atoms with Crippen molar-refractivity contribution in [1.82, 2.24) is 14.8 Å². The van der Waals surface area contributed by atoms with E-state index in [1.165, 1.54) is 4.68 Å². The third kappa shape index (κ3) is 3.85. The van der Waals surface area contributed by atoms with Gasteiger partial charge in [0.25, 0.3) is 0 Å². The molecule has 0 aliphatic heterocycles. The minimum absolute atomic E-state index is 0.150. The molecular weight excluding hydrogens is 418 g/mol. The Morgan fingerprint density at radius 3 is 2.48 bits per heavy atom. The lowest BCUT2D eigenvalue weighted by molar-refractivity contribution is 0.0987. The monoisotopic (exact) mass is 437 g/mol. The first-order valence-corrected chi connectivity index (χ1v) is 10.2.